The highest BCUT2D eigenvalue weighted by atomic mass is 79.9. The third-order valence-corrected chi connectivity index (χ3v) is 4.51. The summed E-state index contributed by atoms with van der Waals surface area (Å²) in [6, 6.07) is 5.73. The lowest BCUT2D eigenvalue weighted by molar-refractivity contribution is -0.144. The van der Waals surface area contributed by atoms with Crippen molar-refractivity contribution in [1.82, 2.24) is 5.32 Å². The monoisotopic (exact) mass is 377 g/mol. The van der Waals surface area contributed by atoms with Crippen molar-refractivity contribution in [3.63, 3.8) is 0 Å². The van der Waals surface area contributed by atoms with Gasteiger partial charge in [0.2, 0.25) is 0 Å². The van der Waals surface area contributed by atoms with Crippen molar-refractivity contribution in [3.05, 3.63) is 32.7 Å². The van der Waals surface area contributed by atoms with Gasteiger partial charge in [-0.05, 0) is 55.5 Å². The van der Waals surface area contributed by atoms with Crippen LogP contribution in [0.5, 0.6) is 0 Å². The van der Waals surface area contributed by atoms with E-state index in [0.717, 1.165) is 14.5 Å². The Morgan fingerprint density at radius 2 is 2.00 bits per heavy atom. The van der Waals surface area contributed by atoms with E-state index in [1.807, 2.05) is 32.0 Å². The molecular weight excluding hydrogens is 362 g/mol. The standard InChI is InChI=1S/C13H17Br2NO2/c1-8(2)12(13(17)18-3)16-7-9-4-5-10(14)11(15)6-9/h4-6,8,12,16H,7H2,1-3H3. The summed E-state index contributed by atoms with van der Waals surface area (Å²) >= 11 is 6.88. The predicted molar refractivity (Wildman–Crippen MR) is 79.3 cm³/mol. The largest absolute Gasteiger partial charge is 0.468 e. The zero-order valence-corrected chi connectivity index (χ0v) is 13.8. The van der Waals surface area contributed by atoms with E-state index in [9.17, 15) is 4.79 Å². The quantitative estimate of drug-likeness (QED) is 0.797. The zero-order chi connectivity index (χ0) is 13.7. The van der Waals surface area contributed by atoms with Crippen LogP contribution < -0.4 is 5.32 Å². The van der Waals surface area contributed by atoms with E-state index in [-0.39, 0.29) is 17.9 Å². The van der Waals surface area contributed by atoms with E-state index in [1.165, 1.54) is 7.11 Å². The van der Waals surface area contributed by atoms with Gasteiger partial charge in [0.15, 0.2) is 0 Å². The maximum Gasteiger partial charge on any atom is 0.323 e. The van der Waals surface area contributed by atoms with Crippen molar-refractivity contribution in [1.29, 1.82) is 0 Å². The van der Waals surface area contributed by atoms with Crippen LogP contribution in [0.3, 0.4) is 0 Å². The van der Waals surface area contributed by atoms with Gasteiger partial charge in [0.1, 0.15) is 6.04 Å². The highest BCUT2D eigenvalue weighted by molar-refractivity contribution is 9.13. The fraction of sp³-hybridized carbons (Fsp3) is 0.462. The van der Waals surface area contributed by atoms with Gasteiger partial charge < -0.3 is 10.1 Å². The molecule has 1 unspecified atom stereocenters. The average molecular weight is 379 g/mol. The summed E-state index contributed by atoms with van der Waals surface area (Å²) in [5.74, 6) is -0.0301. The highest BCUT2D eigenvalue weighted by Crippen LogP contribution is 2.23. The summed E-state index contributed by atoms with van der Waals surface area (Å²) in [4.78, 5) is 11.6. The Balaban J connectivity index is 2.67. The molecule has 0 saturated carbocycles. The number of ether oxygens (including phenoxy) is 1. The van der Waals surface area contributed by atoms with Crippen molar-refractivity contribution < 1.29 is 9.53 Å². The average Bonchev–Trinajstić information content (AvgIpc) is 2.33. The molecule has 1 atom stereocenters. The summed E-state index contributed by atoms with van der Waals surface area (Å²) in [6.07, 6.45) is 0. The van der Waals surface area contributed by atoms with Crippen LogP contribution >= 0.6 is 31.9 Å². The van der Waals surface area contributed by atoms with Crippen LogP contribution in [-0.2, 0) is 16.1 Å². The summed E-state index contributed by atoms with van der Waals surface area (Å²) in [5.41, 5.74) is 1.11. The Bertz CT molecular complexity index is 421. The van der Waals surface area contributed by atoms with E-state index in [0.29, 0.717) is 6.54 Å². The summed E-state index contributed by atoms with van der Waals surface area (Å²) in [5, 5.41) is 3.22. The number of benzene rings is 1. The lowest BCUT2D eigenvalue weighted by Crippen LogP contribution is -2.41. The molecule has 5 heteroatoms. The minimum atomic E-state index is -0.280. The van der Waals surface area contributed by atoms with Gasteiger partial charge in [-0.2, -0.15) is 0 Å². The molecule has 0 fully saturated rings. The number of hydrogen-bond donors (Lipinski definition) is 1. The molecule has 1 aromatic rings. The maximum absolute atomic E-state index is 11.6. The molecule has 1 N–H and O–H groups in total. The Labute approximate surface area is 125 Å². The highest BCUT2D eigenvalue weighted by Gasteiger charge is 2.22. The first kappa shape index (κ1) is 15.7. The van der Waals surface area contributed by atoms with Crippen molar-refractivity contribution in [2.24, 2.45) is 5.92 Å². The summed E-state index contributed by atoms with van der Waals surface area (Å²) in [6.45, 7) is 4.61. The molecule has 0 bridgehead atoms. The molecule has 0 amide bonds. The number of esters is 1. The van der Waals surface area contributed by atoms with E-state index < -0.39 is 0 Å². The first-order valence-corrected chi connectivity index (χ1v) is 7.29. The van der Waals surface area contributed by atoms with Gasteiger partial charge in [-0.25, -0.2) is 0 Å². The number of nitrogens with one attached hydrogen (secondary N) is 1. The van der Waals surface area contributed by atoms with Gasteiger partial charge in [-0.3, -0.25) is 4.79 Å². The SMILES string of the molecule is COC(=O)C(NCc1ccc(Br)c(Br)c1)C(C)C. The minimum Gasteiger partial charge on any atom is -0.468 e. The Morgan fingerprint density at radius 3 is 2.50 bits per heavy atom. The normalized spacial score (nSPS) is 12.6. The van der Waals surface area contributed by atoms with Gasteiger partial charge in [-0.15, -0.1) is 0 Å². The number of halogens is 2. The van der Waals surface area contributed by atoms with Crippen molar-refractivity contribution in [2.75, 3.05) is 7.11 Å². The number of carbonyl (C=O) groups is 1. The second kappa shape index (κ2) is 7.26. The molecular formula is C13H17Br2NO2. The molecule has 1 aromatic carbocycles. The van der Waals surface area contributed by atoms with E-state index in [4.69, 9.17) is 4.74 Å². The fourth-order valence-corrected chi connectivity index (χ4v) is 2.27. The van der Waals surface area contributed by atoms with Crippen LogP contribution in [0, 0.1) is 5.92 Å². The molecule has 0 aromatic heterocycles. The van der Waals surface area contributed by atoms with Crippen LogP contribution in [0.25, 0.3) is 0 Å². The van der Waals surface area contributed by atoms with Crippen molar-refractivity contribution >= 4 is 37.8 Å². The molecule has 18 heavy (non-hydrogen) atoms. The van der Waals surface area contributed by atoms with Gasteiger partial charge in [-0.1, -0.05) is 19.9 Å². The smallest absolute Gasteiger partial charge is 0.323 e. The zero-order valence-electron chi connectivity index (χ0n) is 10.7. The van der Waals surface area contributed by atoms with E-state index >= 15 is 0 Å². The molecule has 0 saturated heterocycles. The van der Waals surface area contributed by atoms with Gasteiger partial charge in [0.25, 0.3) is 0 Å². The number of methoxy groups -OCH3 is 1. The van der Waals surface area contributed by atoms with Crippen LogP contribution in [0.2, 0.25) is 0 Å². The van der Waals surface area contributed by atoms with Crippen molar-refractivity contribution in [3.8, 4) is 0 Å². The number of carbonyl (C=O) groups excluding carboxylic acids is 1. The Morgan fingerprint density at radius 1 is 1.33 bits per heavy atom. The van der Waals surface area contributed by atoms with Gasteiger partial charge in [0, 0.05) is 15.5 Å². The molecule has 0 aliphatic carbocycles. The third kappa shape index (κ3) is 4.37. The molecule has 0 radical (unpaired) electrons. The number of rotatable bonds is 5. The molecule has 0 heterocycles. The molecule has 0 aliphatic rings. The minimum absolute atomic E-state index is 0.191. The predicted octanol–water partition coefficient (Wildman–Crippen LogP) is 3.50. The van der Waals surface area contributed by atoms with Crippen LogP contribution in [0.4, 0.5) is 0 Å². The summed E-state index contributed by atoms with van der Waals surface area (Å²) in [7, 11) is 1.41. The topological polar surface area (TPSA) is 38.3 Å². The van der Waals surface area contributed by atoms with Crippen molar-refractivity contribution in [2.45, 2.75) is 26.4 Å². The molecule has 100 valence electrons. The lowest BCUT2D eigenvalue weighted by atomic mass is 10.0. The second-order valence-corrected chi connectivity index (χ2v) is 6.08. The van der Waals surface area contributed by atoms with Gasteiger partial charge in [0.05, 0.1) is 7.11 Å². The summed E-state index contributed by atoms with van der Waals surface area (Å²) < 4.78 is 6.80. The van der Waals surface area contributed by atoms with Crippen LogP contribution in [0.15, 0.2) is 27.1 Å². The van der Waals surface area contributed by atoms with Gasteiger partial charge >= 0.3 is 5.97 Å². The first-order chi connectivity index (χ1) is 8.45. The molecule has 3 nitrogen and oxygen atoms in total. The lowest BCUT2D eigenvalue weighted by Gasteiger charge is -2.20. The maximum atomic E-state index is 11.6. The third-order valence-electron chi connectivity index (χ3n) is 2.63. The van der Waals surface area contributed by atoms with E-state index in [2.05, 4.69) is 37.2 Å². The first-order valence-electron chi connectivity index (χ1n) is 5.70. The molecule has 0 aliphatic heterocycles. The van der Waals surface area contributed by atoms with Crippen LogP contribution in [-0.4, -0.2) is 19.1 Å². The van der Waals surface area contributed by atoms with Crippen LogP contribution in [0.1, 0.15) is 19.4 Å². The Hall–Kier alpha value is -0.390. The van der Waals surface area contributed by atoms with E-state index in [1.54, 1.807) is 0 Å². The fourth-order valence-electron chi connectivity index (χ4n) is 1.60. The molecule has 1 rings (SSSR count). The Kier molecular flexibility index (Phi) is 6.32. The second-order valence-electron chi connectivity index (χ2n) is 4.37. The molecule has 0 spiro atoms. The number of hydrogen-bond acceptors (Lipinski definition) is 3.